The predicted molar refractivity (Wildman–Crippen MR) is 70.8 cm³/mol. The number of rotatable bonds is 4. The molecule has 1 aromatic rings. The van der Waals surface area contributed by atoms with Crippen LogP contribution < -0.4 is 0 Å². The van der Waals surface area contributed by atoms with E-state index in [9.17, 15) is 10.2 Å². The summed E-state index contributed by atoms with van der Waals surface area (Å²) >= 11 is 0. The zero-order valence-corrected chi connectivity index (χ0v) is 11.1. The summed E-state index contributed by atoms with van der Waals surface area (Å²) in [5.41, 5.74) is 0.346. The molecular formula is C15H22O2. The quantitative estimate of drug-likeness (QED) is 0.786. The van der Waals surface area contributed by atoms with E-state index in [1.807, 2.05) is 37.3 Å². The summed E-state index contributed by atoms with van der Waals surface area (Å²) in [5.74, 6) is 0. The first-order valence-corrected chi connectivity index (χ1v) is 5.90. The van der Waals surface area contributed by atoms with Crippen molar-refractivity contribution in [2.45, 2.75) is 45.3 Å². The number of aliphatic hydroxyl groups is 2. The molecule has 2 nitrogen and oxygen atoms in total. The minimum absolute atomic E-state index is 0.486. The van der Waals surface area contributed by atoms with Gasteiger partial charge in [-0.05, 0) is 39.7 Å². The Morgan fingerprint density at radius 2 is 1.59 bits per heavy atom. The van der Waals surface area contributed by atoms with Crippen LogP contribution in [0.3, 0.4) is 0 Å². The maximum Gasteiger partial charge on any atom is 0.0902 e. The smallest absolute Gasteiger partial charge is 0.0902 e. The molecule has 1 rings (SSSR count). The van der Waals surface area contributed by atoms with Gasteiger partial charge in [-0.15, -0.1) is 0 Å². The highest BCUT2D eigenvalue weighted by Crippen LogP contribution is 2.25. The van der Waals surface area contributed by atoms with Gasteiger partial charge in [-0.3, -0.25) is 0 Å². The second-order valence-corrected chi connectivity index (χ2v) is 5.40. The van der Waals surface area contributed by atoms with E-state index in [2.05, 4.69) is 0 Å². The van der Waals surface area contributed by atoms with Crippen molar-refractivity contribution in [3.05, 3.63) is 47.5 Å². The first-order chi connectivity index (χ1) is 7.71. The molecule has 0 aromatic heterocycles. The summed E-state index contributed by atoms with van der Waals surface area (Å²) < 4.78 is 0. The molecule has 0 amide bonds. The van der Waals surface area contributed by atoms with E-state index >= 15 is 0 Å². The minimum atomic E-state index is -0.893. The Bertz CT molecular complexity index is 380. The van der Waals surface area contributed by atoms with Crippen LogP contribution in [0.25, 0.3) is 0 Å². The lowest BCUT2D eigenvalue weighted by Gasteiger charge is -2.23. The largest absolute Gasteiger partial charge is 0.386 e. The van der Waals surface area contributed by atoms with Crippen molar-refractivity contribution in [2.24, 2.45) is 0 Å². The molecule has 1 atom stereocenters. The highest BCUT2D eigenvalue weighted by molar-refractivity contribution is 5.26. The standard InChI is InChI=1S/C15H22O2/c1-12-6-8-13(9-7-12)15(4,17)11-5-10-14(2,3)16/h5-10,16-17H,11H2,1-4H3/t15-/m0/s1. The molecule has 0 fully saturated rings. The summed E-state index contributed by atoms with van der Waals surface area (Å²) in [6.45, 7) is 7.23. The van der Waals surface area contributed by atoms with Gasteiger partial charge in [-0.25, -0.2) is 0 Å². The fourth-order valence-electron chi connectivity index (χ4n) is 1.61. The average molecular weight is 234 g/mol. The van der Waals surface area contributed by atoms with Crippen molar-refractivity contribution >= 4 is 0 Å². The first kappa shape index (κ1) is 13.9. The Balaban J connectivity index is 2.75. The maximum absolute atomic E-state index is 10.3. The highest BCUT2D eigenvalue weighted by Gasteiger charge is 2.21. The highest BCUT2D eigenvalue weighted by atomic mass is 16.3. The molecule has 2 N–H and O–H groups in total. The molecule has 0 radical (unpaired) electrons. The van der Waals surface area contributed by atoms with Crippen molar-refractivity contribution in [1.29, 1.82) is 0 Å². The van der Waals surface area contributed by atoms with Crippen molar-refractivity contribution in [2.75, 3.05) is 0 Å². The molecule has 0 heterocycles. The van der Waals surface area contributed by atoms with Crippen molar-refractivity contribution < 1.29 is 10.2 Å². The predicted octanol–water partition coefficient (Wildman–Crippen LogP) is 2.92. The van der Waals surface area contributed by atoms with Crippen LogP contribution in [-0.2, 0) is 5.60 Å². The number of benzene rings is 1. The molecule has 0 aliphatic rings. The number of aryl methyl sites for hydroxylation is 1. The molecule has 0 spiro atoms. The van der Waals surface area contributed by atoms with Crippen LogP contribution in [0.15, 0.2) is 36.4 Å². The van der Waals surface area contributed by atoms with Gasteiger partial charge < -0.3 is 10.2 Å². The van der Waals surface area contributed by atoms with E-state index in [0.717, 1.165) is 5.56 Å². The van der Waals surface area contributed by atoms with Crippen LogP contribution in [-0.4, -0.2) is 15.8 Å². The average Bonchev–Trinajstić information content (AvgIpc) is 2.15. The van der Waals surface area contributed by atoms with Gasteiger partial charge in [0.05, 0.1) is 11.2 Å². The third-order valence-electron chi connectivity index (χ3n) is 2.71. The normalized spacial score (nSPS) is 16.1. The van der Waals surface area contributed by atoms with E-state index in [-0.39, 0.29) is 0 Å². The summed E-state index contributed by atoms with van der Waals surface area (Å²) in [5, 5.41) is 19.9. The van der Waals surface area contributed by atoms with E-state index in [1.54, 1.807) is 26.8 Å². The summed E-state index contributed by atoms with van der Waals surface area (Å²) in [4.78, 5) is 0. The second-order valence-electron chi connectivity index (χ2n) is 5.40. The van der Waals surface area contributed by atoms with Crippen molar-refractivity contribution in [1.82, 2.24) is 0 Å². The zero-order chi connectivity index (χ0) is 13.1. The van der Waals surface area contributed by atoms with E-state index in [0.29, 0.717) is 6.42 Å². The van der Waals surface area contributed by atoms with E-state index in [4.69, 9.17) is 0 Å². The molecule has 0 saturated heterocycles. The molecule has 94 valence electrons. The van der Waals surface area contributed by atoms with Gasteiger partial charge in [0.15, 0.2) is 0 Å². The maximum atomic E-state index is 10.3. The van der Waals surface area contributed by atoms with Crippen LogP contribution in [0, 0.1) is 6.92 Å². The molecule has 17 heavy (non-hydrogen) atoms. The van der Waals surface area contributed by atoms with Crippen LogP contribution in [0.4, 0.5) is 0 Å². The molecule has 0 saturated carbocycles. The topological polar surface area (TPSA) is 40.5 Å². The minimum Gasteiger partial charge on any atom is -0.386 e. The summed E-state index contributed by atoms with van der Waals surface area (Å²) in [6, 6.07) is 7.85. The molecule has 0 bridgehead atoms. The van der Waals surface area contributed by atoms with Gasteiger partial charge in [-0.2, -0.15) is 0 Å². The molecule has 1 aromatic carbocycles. The van der Waals surface area contributed by atoms with Gasteiger partial charge in [-0.1, -0.05) is 42.0 Å². The molecule has 0 unspecified atom stereocenters. The summed E-state index contributed by atoms with van der Waals surface area (Å²) in [6.07, 6.45) is 4.01. The van der Waals surface area contributed by atoms with Gasteiger partial charge in [0.1, 0.15) is 0 Å². The lowest BCUT2D eigenvalue weighted by molar-refractivity contribution is 0.0597. The third-order valence-corrected chi connectivity index (χ3v) is 2.71. The third kappa shape index (κ3) is 4.72. The Morgan fingerprint density at radius 3 is 2.06 bits per heavy atom. The Hall–Kier alpha value is -1.12. The van der Waals surface area contributed by atoms with Gasteiger partial charge in [0.25, 0.3) is 0 Å². The number of hydrogen-bond acceptors (Lipinski definition) is 2. The molecule has 0 aliphatic carbocycles. The lowest BCUT2D eigenvalue weighted by atomic mass is 9.91. The Kier molecular flexibility index (Phi) is 4.12. The fraction of sp³-hybridized carbons (Fsp3) is 0.467. The molecular weight excluding hydrogens is 212 g/mol. The van der Waals surface area contributed by atoms with Crippen LogP contribution >= 0.6 is 0 Å². The SMILES string of the molecule is Cc1ccc([C@@](C)(O)CC=CC(C)(C)O)cc1. The van der Waals surface area contributed by atoms with Crippen molar-refractivity contribution in [3.63, 3.8) is 0 Å². The van der Waals surface area contributed by atoms with E-state index in [1.165, 1.54) is 5.56 Å². The zero-order valence-electron chi connectivity index (χ0n) is 11.1. The van der Waals surface area contributed by atoms with Gasteiger partial charge in [0.2, 0.25) is 0 Å². The Morgan fingerprint density at radius 1 is 1.06 bits per heavy atom. The fourth-order valence-corrected chi connectivity index (χ4v) is 1.61. The van der Waals surface area contributed by atoms with Gasteiger partial charge >= 0.3 is 0 Å². The number of hydrogen-bond donors (Lipinski definition) is 2. The monoisotopic (exact) mass is 234 g/mol. The lowest BCUT2D eigenvalue weighted by Crippen LogP contribution is -2.21. The molecule has 2 heteroatoms. The summed E-state index contributed by atoms with van der Waals surface area (Å²) in [7, 11) is 0. The van der Waals surface area contributed by atoms with E-state index < -0.39 is 11.2 Å². The Labute approximate surface area is 104 Å². The van der Waals surface area contributed by atoms with Crippen LogP contribution in [0.5, 0.6) is 0 Å². The van der Waals surface area contributed by atoms with Gasteiger partial charge in [0, 0.05) is 0 Å². The second kappa shape index (κ2) is 5.03. The van der Waals surface area contributed by atoms with Crippen molar-refractivity contribution in [3.8, 4) is 0 Å². The molecule has 0 aliphatic heterocycles. The first-order valence-electron chi connectivity index (χ1n) is 5.90. The van der Waals surface area contributed by atoms with Crippen LogP contribution in [0.2, 0.25) is 0 Å². The van der Waals surface area contributed by atoms with Crippen LogP contribution in [0.1, 0.15) is 38.3 Å².